The molecule has 0 aliphatic heterocycles. The van der Waals surface area contributed by atoms with Gasteiger partial charge in [-0.25, -0.2) is 0 Å². The molecule has 0 aliphatic rings. The number of rotatable bonds is 2. The van der Waals surface area contributed by atoms with Gasteiger partial charge < -0.3 is 5.73 Å². The van der Waals surface area contributed by atoms with Gasteiger partial charge in [0.25, 0.3) is 0 Å². The highest BCUT2D eigenvalue weighted by Crippen LogP contribution is 2.23. The Hall–Kier alpha value is -1.61. The van der Waals surface area contributed by atoms with Gasteiger partial charge in [-0.05, 0) is 23.3 Å². The van der Waals surface area contributed by atoms with E-state index in [1.54, 1.807) is 0 Å². The van der Waals surface area contributed by atoms with E-state index in [4.69, 9.17) is 11.1 Å². The predicted molar refractivity (Wildman–Crippen MR) is 70.6 cm³/mol. The Balaban J connectivity index is 2.38. The molecule has 2 rings (SSSR count). The van der Waals surface area contributed by atoms with Crippen molar-refractivity contribution in [3.63, 3.8) is 0 Å². The molecule has 3 heteroatoms. The van der Waals surface area contributed by atoms with E-state index < -0.39 is 0 Å². The van der Waals surface area contributed by atoms with Crippen LogP contribution >= 0.6 is 15.9 Å². The molecule has 3 N–H and O–H groups in total. The molecule has 0 atom stereocenters. The second-order valence-corrected chi connectivity index (χ2v) is 4.42. The summed E-state index contributed by atoms with van der Waals surface area (Å²) in [7, 11) is 0. The van der Waals surface area contributed by atoms with Crippen LogP contribution in [0.3, 0.4) is 0 Å². The fourth-order valence-electron chi connectivity index (χ4n) is 1.51. The van der Waals surface area contributed by atoms with Gasteiger partial charge in [0, 0.05) is 10.0 Å². The number of benzene rings is 2. The van der Waals surface area contributed by atoms with Crippen LogP contribution in [0.4, 0.5) is 0 Å². The molecule has 0 unspecified atom stereocenters. The van der Waals surface area contributed by atoms with Gasteiger partial charge in [0.15, 0.2) is 0 Å². The van der Waals surface area contributed by atoms with E-state index in [1.807, 2.05) is 42.5 Å². The normalized spacial score (nSPS) is 10.1. The predicted octanol–water partition coefficient (Wildman–Crippen LogP) is 3.40. The Bertz CT molecular complexity index is 518. The average molecular weight is 275 g/mol. The highest BCUT2D eigenvalue weighted by atomic mass is 79.9. The van der Waals surface area contributed by atoms with E-state index in [9.17, 15) is 0 Å². The summed E-state index contributed by atoms with van der Waals surface area (Å²) in [5, 5.41) is 7.31. The van der Waals surface area contributed by atoms with Crippen LogP contribution in [-0.4, -0.2) is 5.84 Å². The van der Waals surface area contributed by atoms with Crippen molar-refractivity contribution in [1.29, 1.82) is 5.41 Å². The molecule has 0 heterocycles. The standard InChI is InChI=1S/C13H11BrN2/c14-12-3-1-2-11(8-12)9-4-6-10(7-5-9)13(15)16/h1-8H,(H3,15,16). The minimum absolute atomic E-state index is 0.0980. The number of nitrogens with two attached hydrogens (primary N) is 1. The molecule has 0 radical (unpaired) electrons. The molecule has 80 valence electrons. The SMILES string of the molecule is N=C(N)c1ccc(-c2cccc(Br)c2)cc1. The van der Waals surface area contributed by atoms with Crippen LogP contribution in [0.5, 0.6) is 0 Å². The minimum atomic E-state index is 0.0980. The van der Waals surface area contributed by atoms with Gasteiger partial charge in [-0.2, -0.15) is 0 Å². The van der Waals surface area contributed by atoms with E-state index in [0.29, 0.717) is 0 Å². The highest BCUT2D eigenvalue weighted by molar-refractivity contribution is 9.10. The van der Waals surface area contributed by atoms with Gasteiger partial charge in [0.1, 0.15) is 5.84 Å². The lowest BCUT2D eigenvalue weighted by Crippen LogP contribution is -2.10. The van der Waals surface area contributed by atoms with Gasteiger partial charge in [0.2, 0.25) is 0 Å². The van der Waals surface area contributed by atoms with Gasteiger partial charge >= 0.3 is 0 Å². The zero-order chi connectivity index (χ0) is 11.5. The molecule has 0 saturated carbocycles. The van der Waals surface area contributed by atoms with Crippen molar-refractivity contribution in [1.82, 2.24) is 0 Å². The summed E-state index contributed by atoms with van der Waals surface area (Å²) >= 11 is 3.44. The number of hydrogen-bond acceptors (Lipinski definition) is 1. The van der Waals surface area contributed by atoms with E-state index in [0.717, 1.165) is 21.2 Å². The first-order valence-electron chi connectivity index (χ1n) is 4.87. The van der Waals surface area contributed by atoms with Gasteiger partial charge in [0.05, 0.1) is 0 Å². The third kappa shape index (κ3) is 2.31. The van der Waals surface area contributed by atoms with Crippen LogP contribution in [0.25, 0.3) is 11.1 Å². The summed E-state index contributed by atoms with van der Waals surface area (Å²) < 4.78 is 1.06. The lowest BCUT2D eigenvalue weighted by molar-refractivity contribution is 1.42. The molecule has 0 bridgehead atoms. The van der Waals surface area contributed by atoms with Crippen LogP contribution in [0.1, 0.15) is 5.56 Å². The number of nitrogens with one attached hydrogen (secondary N) is 1. The number of amidine groups is 1. The summed E-state index contributed by atoms with van der Waals surface area (Å²) in [5.74, 6) is 0.0980. The fourth-order valence-corrected chi connectivity index (χ4v) is 1.91. The maximum Gasteiger partial charge on any atom is 0.122 e. The number of hydrogen-bond donors (Lipinski definition) is 2. The van der Waals surface area contributed by atoms with Crippen molar-refractivity contribution < 1.29 is 0 Å². The molecule has 0 aliphatic carbocycles. The average Bonchev–Trinajstić information content (AvgIpc) is 2.29. The van der Waals surface area contributed by atoms with Crippen LogP contribution in [0, 0.1) is 5.41 Å². The third-order valence-electron chi connectivity index (χ3n) is 2.35. The number of nitrogen functional groups attached to an aromatic ring is 1. The van der Waals surface area contributed by atoms with E-state index in [1.165, 1.54) is 0 Å². The molecule has 2 nitrogen and oxygen atoms in total. The molecule has 0 saturated heterocycles. The molecular weight excluding hydrogens is 264 g/mol. The first-order valence-corrected chi connectivity index (χ1v) is 5.66. The molecular formula is C13H11BrN2. The van der Waals surface area contributed by atoms with Crippen molar-refractivity contribution >= 4 is 21.8 Å². The summed E-state index contributed by atoms with van der Waals surface area (Å²) in [6, 6.07) is 15.8. The maximum absolute atomic E-state index is 7.31. The van der Waals surface area contributed by atoms with Gasteiger partial charge in [-0.15, -0.1) is 0 Å². The number of halogens is 1. The zero-order valence-corrected chi connectivity index (χ0v) is 10.2. The van der Waals surface area contributed by atoms with Crippen molar-refractivity contribution in [2.75, 3.05) is 0 Å². The Morgan fingerprint density at radius 2 is 1.69 bits per heavy atom. The third-order valence-corrected chi connectivity index (χ3v) is 2.85. The first kappa shape index (κ1) is 10.9. The fraction of sp³-hybridized carbons (Fsp3) is 0. The molecule has 0 spiro atoms. The molecule has 2 aromatic carbocycles. The van der Waals surface area contributed by atoms with Crippen LogP contribution in [-0.2, 0) is 0 Å². The quantitative estimate of drug-likeness (QED) is 0.640. The summed E-state index contributed by atoms with van der Waals surface area (Å²) in [5.41, 5.74) is 8.41. The summed E-state index contributed by atoms with van der Waals surface area (Å²) in [6.45, 7) is 0. The molecule has 2 aromatic rings. The Morgan fingerprint density at radius 1 is 1.00 bits per heavy atom. The first-order chi connectivity index (χ1) is 7.66. The van der Waals surface area contributed by atoms with E-state index >= 15 is 0 Å². The molecule has 0 aromatic heterocycles. The van der Waals surface area contributed by atoms with Crippen LogP contribution in [0.15, 0.2) is 53.0 Å². The lowest BCUT2D eigenvalue weighted by atomic mass is 10.0. The van der Waals surface area contributed by atoms with Gasteiger partial charge in [-0.1, -0.05) is 52.3 Å². The van der Waals surface area contributed by atoms with Crippen molar-refractivity contribution in [3.8, 4) is 11.1 Å². The summed E-state index contributed by atoms with van der Waals surface area (Å²) in [4.78, 5) is 0. The Kier molecular flexibility index (Phi) is 3.06. The van der Waals surface area contributed by atoms with Crippen LogP contribution < -0.4 is 5.73 Å². The topological polar surface area (TPSA) is 49.9 Å². The van der Waals surface area contributed by atoms with E-state index in [2.05, 4.69) is 22.0 Å². The lowest BCUT2D eigenvalue weighted by Gasteiger charge is -2.03. The Morgan fingerprint density at radius 3 is 2.25 bits per heavy atom. The second-order valence-electron chi connectivity index (χ2n) is 3.50. The highest BCUT2D eigenvalue weighted by Gasteiger charge is 1.99. The molecule has 0 fully saturated rings. The molecule has 0 amide bonds. The van der Waals surface area contributed by atoms with Gasteiger partial charge in [-0.3, -0.25) is 5.41 Å². The monoisotopic (exact) mass is 274 g/mol. The van der Waals surface area contributed by atoms with E-state index in [-0.39, 0.29) is 5.84 Å². The van der Waals surface area contributed by atoms with Crippen molar-refractivity contribution in [2.24, 2.45) is 5.73 Å². The zero-order valence-electron chi connectivity index (χ0n) is 8.57. The smallest absolute Gasteiger partial charge is 0.122 e. The minimum Gasteiger partial charge on any atom is -0.384 e. The second kappa shape index (κ2) is 4.49. The summed E-state index contributed by atoms with van der Waals surface area (Å²) in [6.07, 6.45) is 0. The van der Waals surface area contributed by atoms with Crippen LogP contribution in [0.2, 0.25) is 0 Å². The molecule has 16 heavy (non-hydrogen) atoms. The van der Waals surface area contributed by atoms with Crippen molar-refractivity contribution in [2.45, 2.75) is 0 Å². The Labute approximate surface area is 103 Å². The largest absolute Gasteiger partial charge is 0.384 e. The maximum atomic E-state index is 7.31. The van der Waals surface area contributed by atoms with Crippen molar-refractivity contribution in [3.05, 3.63) is 58.6 Å².